The molecule has 0 unspecified atom stereocenters. The van der Waals surface area contributed by atoms with Crippen LogP contribution in [0.5, 0.6) is 0 Å². The fourth-order valence-corrected chi connectivity index (χ4v) is 3.38. The molecule has 2 aromatic heterocycles. The van der Waals surface area contributed by atoms with E-state index < -0.39 is 0 Å². The molecule has 3 heterocycles. The number of hydrogen-bond donors (Lipinski definition) is 1. The van der Waals surface area contributed by atoms with Gasteiger partial charge >= 0.3 is 0 Å². The normalized spacial score (nSPS) is 16.5. The van der Waals surface area contributed by atoms with Gasteiger partial charge in [0, 0.05) is 5.56 Å². The summed E-state index contributed by atoms with van der Waals surface area (Å²) in [7, 11) is 2.18. The molecule has 5 nitrogen and oxygen atoms in total. The minimum absolute atomic E-state index is 0.204. The molecule has 1 N–H and O–H groups in total. The predicted octanol–water partition coefficient (Wildman–Crippen LogP) is 2.79. The predicted molar refractivity (Wildman–Crippen MR) is 95.1 cm³/mol. The van der Waals surface area contributed by atoms with E-state index in [0.717, 1.165) is 24.3 Å². The fourth-order valence-electron chi connectivity index (χ4n) is 3.38. The minimum Gasteiger partial charge on any atom is -0.311 e. The number of H-pyrrole nitrogens is 1. The molecule has 0 amide bonds. The summed E-state index contributed by atoms with van der Waals surface area (Å²) in [5.74, 6) is 0.645. The van der Waals surface area contributed by atoms with Crippen LogP contribution in [0.15, 0.2) is 47.5 Å². The molecule has 4 rings (SSSR count). The van der Waals surface area contributed by atoms with Gasteiger partial charge in [-0.1, -0.05) is 24.3 Å². The number of pyridine rings is 1. The summed E-state index contributed by atoms with van der Waals surface area (Å²) in [6.07, 6.45) is 3.83. The smallest absolute Gasteiger partial charge is 0.277 e. The second-order valence-electron chi connectivity index (χ2n) is 6.50. The van der Waals surface area contributed by atoms with Crippen LogP contribution in [-0.2, 0) is 0 Å². The highest BCUT2D eigenvalue weighted by Gasteiger charge is 2.18. The number of aromatic nitrogens is 3. The molecular formula is C19H20N4O. The van der Waals surface area contributed by atoms with Crippen molar-refractivity contribution in [2.24, 2.45) is 0 Å². The molecule has 1 fully saturated rings. The van der Waals surface area contributed by atoms with Crippen LogP contribution in [0.25, 0.3) is 22.3 Å². The van der Waals surface area contributed by atoms with Crippen LogP contribution in [-0.4, -0.2) is 40.0 Å². The number of nitrogens with zero attached hydrogens (tertiary/aromatic N) is 3. The number of nitrogens with one attached hydrogen (secondary N) is 1. The molecule has 0 spiro atoms. The molecule has 1 aliphatic rings. The molecule has 1 aromatic carbocycles. The van der Waals surface area contributed by atoms with Crippen LogP contribution >= 0.6 is 0 Å². The maximum Gasteiger partial charge on any atom is 0.277 e. The van der Waals surface area contributed by atoms with Crippen molar-refractivity contribution in [3.05, 3.63) is 58.6 Å². The maximum atomic E-state index is 11.9. The van der Waals surface area contributed by atoms with E-state index in [-0.39, 0.29) is 5.56 Å². The number of fused-ring (bicyclic) bond motifs is 1. The van der Waals surface area contributed by atoms with E-state index >= 15 is 0 Å². The van der Waals surface area contributed by atoms with Gasteiger partial charge in [0.05, 0.1) is 17.5 Å². The van der Waals surface area contributed by atoms with E-state index in [1.165, 1.54) is 24.7 Å². The third-order valence-electron chi connectivity index (χ3n) is 4.88. The first-order valence-electron chi connectivity index (χ1n) is 8.34. The summed E-state index contributed by atoms with van der Waals surface area (Å²) in [6, 6.07) is 12.4. The standard InChI is InChI=1S/C19H20N4O/c1-23-10-8-14(9-11-23)13-2-4-15(5-3-13)16-6-7-17-18(22-16)19(24)21-12-20-17/h2-7,12,14H,8-11H2,1H3,(H,20,21,24). The van der Waals surface area contributed by atoms with Crippen molar-refractivity contribution in [1.29, 1.82) is 0 Å². The Kier molecular flexibility index (Phi) is 3.86. The zero-order chi connectivity index (χ0) is 16.5. The summed E-state index contributed by atoms with van der Waals surface area (Å²) in [6.45, 7) is 2.32. The monoisotopic (exact) mass is 320 g/mol. The molecule has 0 saturated carbocycles. The van der Waals surface area contributed by atoms with Crippen molar-refractivity contribution in [3.63, 3.8) is 0 Å². The lowest BCUT2D eigenvalue weighted by molar-refractivity contribution is 0.255. The van der Waals surface area contributed by atoms with Crippen LogP contribution in [0.4, 0.5) is 0 Å². The lowest BCUT2D eigenvalue weighted by Crippen LogP contribution is -2.29. The topological polar surface area (TPSA) is 61.9 Å². The average Bonchev–Trinajstić information content (AvgIpc) is 2.63. The van der Waals surface area contributed by atoms with E-state index in [4.69, 9.17) is 0 Å². The Bertz CT molecular complexity index is 909. The summed E-state index contributed by atoms with van der Waals surface area (Å²) in [5.41, 5.74) is 4.02. The van der Waals surface area contributed by atoms with Gasteiger partial charge in [-0.2, -0.15) is 0 Å². The first-order valence-corrected chi connectivity index (χ1v) is 8.34. The zero-order valence-electron chi connectivity index (χ0n) is 13.7. The van der Waals surface area contributed by atoms with Gasteiger partial charge in [0.25, 0.3) is 5.56 Å². The molecule has 24 heavy (non-hydrogen) atoms. The molecule has 1 aliphatic heterocycles. The SMILES string of the molecule is CN1CCC(c2ccc(-c3ccc4nc[nH]c(=O)c4n3)cc2)CC1. The lowest BCUT2D eigenvalue weighted by Gasteiger charge is -2.29. The molecule has 3 aromatic rings. The van der Waals surface area contributed by atoms with Gasteiger partial charge in [0.2, 0.25) is 0 Å². The minimum atomic E-state index is -0.204. The Morgan fingerprint density at radius 1 is 1.08 bits per heavy atom. The number of likely N-dealkylation sites (tertiary alicyclic amines) is 1. The van der Waals surface area contributed by atoms with Gasteiger partial charge in [-0.05, 0) is 56.6 Å². The van der Waals surface area contributed by atoms with E-state index in [1.807, 2.05) is 12.1 Å². The molecule has 0 aliphatic carbocycles. The van der Waals surface area contributed by atoms with Crippen LogP contribution in [0, 0.1) is 0 Å². The van der Waals surface area contributed by atoms with Crippen molar-refractivity contribution in [2.75, 3.05) is 20.1 Å². The molecule has 0 radical (unpaired) electrons. The average molecular weight is 320 g/mol. The highest BCUT2D eigenvalue weighted by Crippen LogP contribution is 2.29. The maximum absolute atomic E-state index is 11.9. The molecule has 5 heteroatoms. The molecule has 0 atom stereocenters. The van der Waals surface area contributed by atoms with E-state index in [0.29, 0.717) is 17.0 Å². The van der Waals surface area contributed by atoms with Crippen LogP contribution in [0.3, 0.4) is 0 Å². The van der Waals surface area contributed by atoms with Crippen LogP contribution in [0.1, 0.15) is 24.3 Å². The Labute approximate surface area is 140 Å². The third kappa shape index (κ3) is 2.83. The first kappa shape index (κ1) is 15.0. The number of hydrogen-bond acceptors (Lipinski definition) is 4. The molecule has 122 valence electrons. The Morgan fingerprint density at radius 3 is 2.58 bits per heavy atom. The van der Waals surface area contributed by atoms with Crippen molar-refractivity contribution >= 4 is 11.0 Å². The third-order valence-corrected chi connectivity index (χ3v) is 4.88. The summed E-state index contributed by atoms with van der Waals surface area (Å²) < 4.78 is 0. The van der Waals surface area contributed by atoms with Gasteiger partial charge < -0.3 is 9.88 Å². The number of piperidine rings is 1. The second kappa shape index (κ2) is 6.17. The number of aromatic amines is 1. The van der Waals surface area contributed by atoms with Crippen molar-refractivity contribution < 1.29 is 0 Å². The largest absolute Gasteiger partial charge is 0.311 e. The number of rotatable bonds is 2. The zero-order valence-corrected chi connectivity index (χ0v) is 13.7. The Morgan fingerprint density at radius 2 is 1.83 bits per heavy atom. The van der Waals surface area contributed by atoms with Crippen molar-refractivity contribution in [3.8, 4) is 11.3 Å². The van der Waals surface area contributed by atoms with E-state index in [9.17, 15) is 4.79 Å². The van der Waals surface area contributed by atoms with Gasteiger partial charge in [-0.25, -0.2) is 9.97 Å². The van der Waals surface area contributed by atoms with Crippen LogP contribution < -0.4 is 5.56 Å². The highest BCUT2D eigenvalue weighted by atomic mass is 16.1. The van der Waals surface area contributed by atoms with E-state index in [1.54, 1.807) is 0 Å². The second-order valence-corrected chi connectivity index (χ2v) is 6.50. The summed E-state index contributed by atoms with van der Waals surface area (Å²) in [5, 5.41) is 0. The van der Waals surface area contributed by atoms with Gasteiger partial charge in [-0.15, -0.1) is 0 Å². The highest BCUT2D eigenvalue weighted by molar-refractivity contribution is 5.76. The molecular weight excluding hydrogens is 300 g/mol. The quantitative estimate of drug-likeness (QED) is 0.789. The van der Waals surface area contributed by atoms with Crippen LogP contribution in [0.2, 0.25) is 0 Å². The fraction of sp³-hybridized carbons (Fsp3) is 0.316. The van der Waals surface area contributed by atoms with Gasteiger partial charge in [0.15, 0.2) is 5.52 Å². The van der Waals surface area contributed by atoms with Gasteiger partial charge in [0.1, 0.15) is 0 Å². The Balaban J connectivity index is 1.63. The van der Waals surface area contributed by atoms with E-state index in [2.05, 4.69) is 51.2 Å². The van der Waals surface area contributed by atoms with Crippen molar-refractivity contribution in [2.45, 2.75) is 18.8 Å². The van der Waals surface area contributed by atoms with Gasteiger partial charge in [-0.3, -0.25) is 4.79 Å². The van der Waals surface area contributed by atoms with Crippen molar-refractivity contribution in [1.82, 2.24) is 19.9 Å². The first-order chi connectivity index (χ1) is 11.7. The summed E-state index contributed by atoms with van der Waals surface area (Å²) in [4.78, 5) is 25.5. The Hall–Kier alpha value is -2.53. The number of benzene rings is 1. The lowest BCUT2D eigenvalue weighted by atomic mass is 9.89. The molecule has 1 saturated heterocycles. The molecule has 0 bridgehead atoms. The summed E-state index contributed by atoms with van der Waals surface area (Å²) >= 11 is 0.